The van der Waals surface area contributed by atoms with Gasteiger partial charge in [0.05, 0.1) is 18.5 Å². The lowest BCUT2D eigenvalue weighted by Crippen LogP contribution is -2.41. The monoisotopic (exact) mass is 441 g/mol. The van der Waals surface area contributed by atoms with Gasteiger partial charge in [-0.15, -0.1) is 24.8 Å². The lowest BCUT2D eigenvalue weighted by atomic mass is 10.1. The van der Waals surface area contributed by atoms with Gasteiger partial charge in [-0.1, -0.05) is 37.7 Å². The van der Waals surface area contributed by atoms with Crippen LogP contribution in [0.25, 0.3) is 0 Å². The summed E-state index contributed by atoms with van der Waals surface area (Å²) in [7, 11) is 1.55. The molecule has 0 saturated heterocycles. The first-order valence-corrected chi connectivity index (χ1v) is 9.96. The molecule has 0 saturated carbocycles. The van der Waals surface area contributed by atoms with Crippen LogP contribution in [0.1, 0.15) is 26.3 Å². The van der Waals surface area contributed by atoms with Gasteiger partial charge in [0, 0.05) is 27.9 Å². The van der Waals surface area contributed by atoms with Crippen molar-refractivity contribution in [2.45, 2.75) is 36.6 Å². The van der Waals surface area contributed by atoms with Crippen molar-refractivity contribution in [3.8, 4) is 0 Å². The van der Waals surface area contributed by atoms with Gasteiger partial charge in [0.25, 0.3) is 0 Å². The quantitative estimate of drug-likeness (QED) is 0.451. The fourth-order valence-electron chi connectivity index (χ4n) is 3.45. The second kappa shape index (κ2) is 11.0. The van der Waals surface area contributed by atoms with Crippen molar-refractivity contribution < 1.29 is 4.74 Å². The summed E-state index contributed by atoms with van der Waals surface area (Å²) in [5.41, 5.74) is 3.21. The van der Waals surface area contributed by atoms with E-state index in [1.165, 1.54) is 15.5 Å². The first-order chi connectivity index (χ1) is 12.6. The molecule has 0 radical (unpaired) electrons. The van der Waals surface area contributed by atoms with Crippen LogP contribution in [-0.4, -0.2) is 43.6 Å². The van der Waals surface area contributed by atoms with E-state index in [1.807, 2.05) is 6.07 Å². The molecule has 0 fully saturated rings. The summed E-state index contributed by atoms with van der Waals surface area (Å²) in [4.78, 5) is 7.38. The van der Waals surface area contributed by atoms with E-state index >= 15 is 0 Å². The van der Waals surface area contributed by atoms with Crippen molar-refractivity contribution in [3.63, 3.8) is 0 Å². The number of likely N-dealkylation sites (N-methyl/N-ethyl adjacent to an activating group) is 1. The SMILES string of the molecule is CCN(CC)CC(C)N1c2ccccc2Sc2ccc(C(=N)OC)cc21.Cl.Cl. The van der Waals surface area contributed by atoms with Crippen LogP contribution < -0.4 is 4.90 Å². The molecule has 1 aliphatic heterocycles. The summed E-state index contributed by atoms with van der Waals surface area (Å²) < 4.78 is 5.14. The van der Waals surface area contributed by atoms with Crippen LogP contribution in [0.3, 0.4) is 0 Å². The number of fused-ring (bicyclic) bond motifs is 2. The van der Waals surface area contributed by atoms with E-state index in [0.29, 0.717) is 6.04 Å². The van der Waals surface area contributed by atoms with Crippen molar-refractivity contribution in [1.29, 1.82) is 5.41 Å². The van der Waals surface area contributed by atoms with Crippen LogP contribution in [0.4, 0.5) is 11.4 Å². The summed E-state index contributed by atoms with van der Waals surface area (Å²) >= 11 is 1.80. The Labute approximate surface area is 185 Å². The van der Waals surface area contributed by atoms with Gasteiger partial charge in [-0.05, 0) is 50.3 Å². The lowest BCUT2D eigenvalue weighted by molar-refractivity contribution is 0.288. The van der Waals surface area contributed by atoms with Gasteiger partial charge < -0.3 is 14.5 Å². The third-order valence-electron chi connectivity index (χ3n) is 4.89. The second-order valence-electron chi connectivity index (χ2n) is 6.49. The molecule has 0 amide bonds. The van der Waals surface area contributed by atoms with E-state index in [0.717, 1.165) is 30.9 Å². The Kier molecular flexibility index (Phi) is 9.64. The maximum atomic E-state index is 8.03. The normalized spacial score (nSPS) is 13.0. The van der Waals surface area contributed by atoms with Gasteiger partial charge in [-0.25, -0.2) is 0 Å². The number of methoxy groups -OCH3 is 1. The predicted molar refractivity (Wildman–Crippen MR) is 125 cm³/mol. The number of para-hydroxylation sites is 1. The maximum Gasteiger partial charge on any atom is 0.212 e. The number of nitrogens with one attached hydrogen (secondary N) is 1. The number of benzene rings is 2. The molecule has 1 heterocycles. The highest BCUT2D eigenvalue weighted by molar-refractivity contribution is 7.99. The molecule has 3 rings (SSSR count). The van der Waals surface area contributed by atoms with Gasteiger partial charge in [0.1, 0.15) is 0 Å². The van der Waals surface area contributed by atoms with Crippen LogP contribution in [0.5, 0.6) is 0 Å². The largest absolute Gasteiger partial charge is 0.481 e. The molecular weight excluding hydrogens is 413 g/mol. The van der Waals surface area contributed by atoms with Gasteiger partial charge in [0.15, 0.2) is 0 Å². The first kappa shape index (κ1) is 24.6. The number of anilines is 2. The first-order valence-electron chi connectivity index (χ1n) is 9.14. The molecule has 1 unspecified atom stereocenters. The summed E-state index contributed by atoms with van der Waals surface area (Å²) in [6.45, 7) is 9.80. The van der Waals surface area contributed by atoms with Gasteiger partial charge in [-0.3, -0.25) is 5.41 Å². The fourth-order valence-corrected chi connectivity index (χ4v) is 4.51. The Balaban J connectivity index is 0.00000196. The van der Waals surface area contributed by atoms with E-state index in [2.05, 4.69) is 67.0 Å². The molecule has 0 aromatic heterocycles. The molecule has 28 heavy (non-hydrogen) atoms. The average molecular weight is 442 g/mol. The van der Waals surface area contributed by atoms with Crippen LogP contribution in [0, 0.1) is 5.41 Å². The van der Waals surface area contributed by atoms with Crippen molar-refractivity contribution >= 4 is 53.8 Å². The molecule has 0 bridgehead atoms. The zero-order valence-electron chi connectivity index (χ0n) is 16.8. The fraction of sp³-hybridized carbons (Fsp3) is 0.381. The van der Waals surface area contributed by atoms with E-state index in [4.69, 9.17) is 10.1 Å². The number of hydrogen-bond donors (Lipinski definition) is 1. The second-order valence-corrected chi connectivity index (χ2v) is 7.57. The highest BCUT2D eigenvalue weighted by atomic mass is 35.5. The standard InChI is InChI=1S/C21H27N3OS.2ClH/c1-5-23(6-2)14-15(3)24-17-9-7-8-10-19(17)26-20-12-11-16(13-18(20)24)21(22)25-4;;/h7-13,15,22H,5-6,14H2,1-4H3;2*1H. The van der Waals surface area contributed by atoms with Crippen LogP contribution in [0.2, 0.25) is 0 Å². The van der Waals surface area contributed by atoms with Crippen molar-refractivity contribution in [3.05, 3.63) is 48.0 Å². The topological polar surface area (TPSA) is 39.6 Å². The molecule has 4 nitrogen and oxygen atoms in total. The number of halogens is 2. The minimum absolute atomic E-state index is 0. The third kappa shape index (κ3) is 4.95. The van der Waals surface area contributed by atoms with E-state index in [9.17, 15) is 0 Å². The zero-order chi connectivity index (χ0) is 18.7. The average Bonchev–Trinajstić information content (AvgIpc) is 2.68. The minimum Gasteiger partial charge on any atom is -0.481 e. The molecule has 1 atom stereocenters. The number of rotatable bonds is 6. The number of ether oxygens (including phenoxy) is 1. The lowest BCUT2D eigenvalue weighted by Gasteiger charge is -2.39. The molecule has 1 N–H and O–H groups in total. The summed E-state index contributed by atoms with van der Waals surface area (Å²) in [5, 5.41) is 8.03. The minimum atomic E-state index is 0. The van der Waals surface area contributed by atoms with Gasteiger partial charge in [0.2, 0.25) is 5.90 Å². The number of hydrogen-bond acceptors (Lipinski definition) is 5. The Morgan fingerprint density at radius 2 is 1.71 bits per heavy atom. The summed E-state index contributed by atoms with van der Waals surface area (Å²) in [5.74, 6) is 0.202. The maximum absolute atomic E-state index is 8.03. The molecule has 0 spiro atoms. The molecule has 2 aromatic carbocycles. The van der Waals surface area contributed by atoms with Crippen LogP contribution >= 0.6 is 36.6 Å². The summed E-state index contributed by atoms with van der Waals surface area (Å²) in [6.07, 6.45) is 0. The van der Waals surface area contributed by atoms with E-state index in [-0.39, 0.29) is 30.7 Å². The third-order valence-corrected chi connectivity index (χ3v) is 6.02. The van der Waals surface area contributed by atoms with Gasteiger partial charge in [-0.2, -0.15) is 0 Å². The van der Waals surface area contributed by atoms with E-state index < -0.39 is 0 Å². The molecule has 154 valence electrons. The zero-order valence-corrected chi connectivity index (χ0v) is 19.2. The Bertz CT molecular complexity index is 799. The molecule has 0 aliphatic carbocycles. The smallest absolute Gasteiger partial charge is 0.212 e. The summed E-state index contributed by atoms with van der Waals surface area (Å²) in [6, 6.07) is 15.1. The number of nitrogens with zero attached hydrogens (tertiary/aromatic N) is 2. The Hall–Kier alpha value is -1.40. The highest BCUT2D eigenvalue weighted by Gasteiger charge is 2.28. The van der Waals surface area contributed by atoms with E-state index in [1.54, 1.807) is 18.9 Å². The van der Waals surface area contributed by atoms with Crippen molar-refractivity contribution in [1.82, 2.24) is 4.90 Å². The van der Waals surface area contributed by atoms with Crippen molar-refractivity contribution in [2.24, 2.45) is 0 Å². The molecular formula is C21H29Cl2N3OS. The Morgan fingerprint density at radius 3 is 2.36 bits per heavy atom. The van der Waals surface area contributed by atoms with Crippen LogP contribution in [0.15, 0.2) is 52.3 Å². The highest BCUT2D eigenvalue weighted by Crippen LogP contribution is 2.49. The molecule has 1 aliphatic rings. The van der Waals surface area contributed by atoms with Gasteiger partial charge >= 0.3 is 0 Å². The Morgan fingerprint density at radius 1 is 1.07 bits per heavy atom. The molecule has 2 aromatic rings. The van der Waals surface area contributed by atoms with Crippen molar-refractivity contribution in [2.75, 3.05) is 31.6 Å². The molecule has 7 heteroatoms. The van der Waals surface area contributed by atoms with Crippen LogP contribution in [-0.2, 0) is 4.74 Å². The predicted octanol–water partition coefficient (Wildman–Crippen LogP) is 5.83.